The number of piperazine rings is 1. The number of sulfonamides is 1. The molecule has 3 rings (SSSR count). The van der Waals surface area contributed by atoms with Gasteiger partial charge in [-0.1, -0.05) is 12.1 Å². The Morgan fingerprint density at radius 2 is 1.58 bits per heavy atom. The highest BCUT2D eigenvalue weighted by molar-refractivity contribution is 7.89. The predicted molar refractivity (Wildman–Crippen MR) is 96.9 cm³/mol. The van der Waals surface area contributed by atoms with E-state index >= 15 is 0 Å². The second kappa shape index (κ2) is 7.51. The lowest BCUT2D eigenvalue weighted by atomic mass is 10.2. The van der Waals surface area contributed by atoms with E-state index < -0.39 is 10.0 Å². The van der Waals surface area contributed by atoms with Crippen molar-refractivity contribution in [2.24, 2.45) is 0 Å². The van der Waals surface area contributed by atoms with Crippen LogP contribution in [0.4, 0.5) is 10.1 Å². The van der Waals surface area contributed by atoms with Gasteiger partial charge in [0.05, 0.1) is 24.8 Å². The summed E-state index contributed by atoms with van der Waals surface area (Å²) in [5.74, 6) is 0.526. The molecular weight excluding hydrogens is 359 g/mol. The Hall–Kier alpha value is -2.32. The number of halogens is 1. The first-order valence-corrected chi connectivity index (χ1v) is 9.63. The molecule has 0 amide bonds. The first kappa shape index (κ1) is 18.5. The molecule has 0 bridgehead atoms. The van der Waals surface area contributed by atoms with Crippen molar-refractivity contribution in [3.63, 3.8) is 0 Å². The Balaban J connectivity index is 1.77. The van der Waals surface area contributed by atoms with Gasteiger partial charge in [-0.3, -0.25) is 0 Å². The number of para-hydroxylation sites is 1. The van der Waals surface area contributed by atoms with Crippen LogP contribution in [-0.4, -0.2) is 53.1 Å². The number of ether oxygens (including phenoxy) is 2. The van der Waals surface area contributed by atoms with E-state index in [1.54, 1.807) is 24.3 Å². The molecule has 0 aliphatic carbocycles. The maximum absolute atomic E-state index is 13.9. The minimum absolute atomic E-state index is 0.148. The monoisotopic (exact) mass is 380 g/mol. The highest BCUT2D eigenvalue weighted by atomic mass is 32.2. The number of hydrogen-bond acceptors (Lipinski definition) is 5. The highest BCUT2D eigenvalue weighted by Gasteiger charge is 2.30. The first-order chi connectivity index (χ1) is 12.5. The smallest absolute Gasteiger partial charge is 0.243 e. The number of nitrogens with zero attached hydrogens (tertiary/aromatic N) is 2. The van der Waals surface area contributed by atoms with Crippen molar-refractivity contribution in [1.82, 2.24) is 4.31 Å². The van der Waals surface area contributed by atoms with Crippen LogP contribution in [0.15, 0.2) is 47.4 Å². The quantitative estimate of drug-likeness (QED) is 0.797. The molecular formula is C18H21FN2O4S. The average Bonchev–Trinajstić information content (AvgIpc) is 2.68. The average molecular weight is 380 g/mol. The summed E-state index contributed by atoms with van der Waals surface area (Å²) >= 11 is 0. The van der Waals surface area contributed by atoms with Crippen LogP contribution in [0, 0.1) is 5.82 Å². The van der Waals surface area contributed by atoms with Crippen LogP contribution in [0.5, 0.6) is 11.5 Å². The Kier molecular flexibility index (Phi) is 5.33. The minimum atomic E-state index is -3.66. The largest absolute Gasteiger partial charge is 0.493 e. The van der Waals surface area contributed by atoms with Crippen molar-refractivity contribution in [1.29, 1.82) is 0 Å². The fraction of sp³-hybridized carbons (Fsp3) is 0.333. The second-order valence-corrected chi connectivity index (χ2v) is 7.80. The predicted octanol–water partition coefficient (Wildman–Crippen LogP) is 2.35. The second-order valence-electron chi connectivity index (χ2n) is 5.86. The van der Waals surface area contributed by atoms with E-state index in [1.807, 2.05) is 4.90 Å². The molecule has 6 nitrogen and oxygen atoms in total. The first-order valence-electron chi connectivity index (χ1n) is 8.19. The van der Waals surface area contributed by atoms with Crippen molar-refractivity contribution in [3.8, 4) is 11.5 Å². The molecule has 0 unspecified atom stereocenters. The SMILES string of the molecule is COc1ccc(S(=O)(=O)N2CCN(c3ccccc3F)CC2)cc1OC. The van der Waals surface area contributed by atoms with Crippen LogP contribution >= 0.6 is 0 Å². The zero-order valence-corrected chi connectivity index (χ0v) is 15.5. The van der Waals surface area contributed by atoms with Gasteiger partial charge in [0.25, 0.3) is 0 Å². The Labute approximate surface area is 152 Å². The molecule has 1 saturated heterocycles. The van der Waals surface area contributed by atoms with Gasteiger partial charge in [0.2, 0.25) is 10.0 Å². The molecule has 1 fully saturated rings. The lowest BCUT2D eigenvalue weighted by Gasteiger charge is -2.35. The third-order valence-electron chi connectivity index (χ3n) is 4.42. The van der Waals surface area contributed by atoms with Crippen molar-refractivity contribution in [2.45, 2.75) is 4.90 Å². The van der Waals surface area contributed by atoms with E-state index in [2.05, 4.69) is 0 Å². The zero-order chi connectivity index (χ0) is 18.7. The van der Waals surface area contributed by atoms with Gasteiger partial charge in [0.1, 0.15) is 5.82 Å². The third-order valence-corrected chi connectivity index (χ3v) is 6.32. The molecule has 1 heterocycles. The molecule has 2 aromatic carbocycles. The Morgan fingerprint density at radius 3 is 2.19 bits per heavy atom. The number of rotatable bonds is 5. The van der Waals surface area contributed by atoms with Crippen LogP contribution in [0.1, 0.15) is 0 Å². The van der Waals surface area contributed by atoms with E-state index in [4.69, 9.17) is 9.47 Å². The van der Waals surface area contributed by atoms with E-state index in [0.717, 1.165) is 0 Å². The molecule has 1 aliphatic heterocycles. The van der Waals surface area contributed by atoms with E-state index in [0.29, 0.717) is 30.3 Å². The van der Waals surface area contributed by atoms with Crippen LogP contribution in [0.3, 0.4) is 0 Å². The Bertz CT molecular complexity index is 881. The van der Waals surface area contributed by atoms with Gasteiger partial charge in [-0.25, -0.2) is 12.8 Å². The summed E-state index contributed by atoms with van der Waals surface area (Å²) in [4.78, 5) is 2.00. The molecule has 0 N–H and O–H groups in total. The summed E-state index contributed by atoms with van der Waals surface area (Å²) in [5.41, 5.74) is 0.496. The lowest BCUT2D eigenvalue weighted by Crippen LogP contribution is -2.48. The molecule has 1 aliphatic rings. The fourth-order valence-electron chi connectivity index (χ4n) is 3.00. The molecule has 140 valence electrons. The fourth-order valence-corrected chi connectivity index (χ4v) is 4.44. The van der Waals surface area contributed by atoms with Crippen LogP contribution in [0.2, 0.25) is 0 Å². The van der Waals surface area contributed by atoms with Crippen molar-refractivity contribution < 1.29 is 22.3 Å². The summed E-state index contributed by atoms with van der Waals surface area (Å²) in [5, 5.41) is 0. The highest BCUT2D eigenvalue weighted by Crippen LogP contribution is 2.31. The van der Waals surface area contributed by atoms with Gasteiger partial charge in [0.15, 0.2) is 11.5 Å². The molecule has 0 aromatic heterocycles. The van der Waals surface area contributed by atoms with Gasteiger partial charge < -0.3 is 14.4 Å². The number of anilines is 1. The van der Waals surface area contributed by atoms with Gasteiger partial charge in [0, 0.05) is 32.2 Å². The van der Waals surface area contributed by atoms with E-state index in [1.165, 1.54) is 36.7 Å². The van der Waals surface area contributed by atoms with Crippen molar-refractivity contribution in [3.05, 3.63) is 48.3 Å². The van der Waals surface area contributed by atoms with Crippen LogP contribution in [0.25, 0.3) is 0 Å². The maximum Gasteiger partial charge on any atom is 0.243 e. The van der Waals surface area contributed by atoms with Crippen LogP contribution < -0.4 is 14.4 Å². The molecule has 0 spiro atoms. The standard InChI is InChI=1S/C18H21FN2O4S/c1-24-17-8-7-14(13-18(17)25-2)26(22,23)21-11-9-20(10-12-21)16-6-4-3-5-15(16)19/h3-8,13H,9-12H2,1-2H3. The summed E-state index contributed by atoms with van der Waals surface area (Å²) in [7, 11) is -0.704. The number of hydrogen-bond donors (Lipinski definition) is 0. The van der Waals surface area contributed by atoms with E-state index in [-0.39, 0.29) is 23.8 Å². The molecule has 0 saturated carbocycles. The topological polar surface area (TPSA) is 59.1 Å². The summed E-state index contributed by atoms with van der Waals surface area (Å²) in [6, 6.07) is 11.0. The third kappa shape index (κ3) is 3.47. The van der Waals surface area contributed by atoms with Crippen molar-refractivity contribution >= 4 is 15.7 Å². The van der Waals surface area contributed by atoms with Gasteiger partial charge in [-0.15, -0.1) is 0 Å². The van der Waals surface area contributed by atoms with Gasteiger partial charge >= 0.3 is 0 Å². The number of benzene rings is 2. The van der Waals surface area contributed by atoms with Crippen molar-refractivity contribution in [2.75, 3.05) is 45.3 Å². The molecule has 0 radical (unpaired) electrons. The summed E-state index contributed by atoms with van der Waals surface area (Å²) < 4.78 is 51.5. The van der Waals surface area contributed by atoms with Gasteiger partial charge in [-0.2, -0.15) is 4.31 Å². The number of methoxy groups -OCH3 is 2. The molecule has 26 heavy (non-hydrogen) atoms. The lowest BCUT2D eigenvalue weighted by molar-refractivity contribution is 0.353. The normalized spacial score (nSPS) is 15.7. The molecule has 8 heteroatoms. The Morgan fingerprint density at radius 1 is 0.923 bits per heavy atom. The summed E-state index contributed by atoms with van der Waals surface area (Å²) in [6.07, 6.45) is 0. The summed E-state index contributed by atoms with van der Waals surface area (Å²) in [6.45, 7) is 1.41. The minimum Gasteiger partial charge on any atom is -0.493 e. The molecule has 2 aromatic rings. The molecule has 0 atom stereocenters. The maximum atomic E-state index is 13.9. The van der Waals surface area contributed by atoms with E-state index in [9.17, 15) is 12.8 Å². The zero-order valence-electron chi connectivity index (χ0n) is 14.7. The van der Waals surface area contributed by atoms with Gasteiger partial charge in [-0.05, 0) is 24.3 Å². The van der Waals surface area contributed by atoms with Crippen LogP contribution in [-0.2, 0) is 10.0 Å².